The van der Waals surface area contributed by atoms with Crippen LogP contribution < -0.4 is 23.7 Å². The first kappa shape index (κ1) is 30.0. The predicted molar refractivity (Wildman–Crippen MR) is 187 cm³/mol. The number of hydrogen-bond donors (Lipinski definition) is 0. The first-order chi connectivity index (χ1) is 23.5. The fraction of sp³-hybridized carbons (Fsp3) is 0.262. The maximum atomic E-state index is 9.98. The molecule has 1 spiro atoms. The van der Waals surface area contributed by atoms with Gasteiger partial charge in [0, 0.05) is 27.5 Å². The van der Waals surface area contributed by atoms with Crippen molar-refractivity contribution in [1.29, 1.82) is 5.26 Å². The third kappa shape index (κ3) is 4.23. The predicted octanol–water partition coefficient (Wildman–Crippen LogP) is 9.33. The number of fused-ring (bicyclic) bond motifs is 10. The van der Waals surface area contributed by atoms with Gasteiger partial charge in [-0.25, -0.2) is 0 Å². The van der Waals surface area contributed by atoms with Crippen molar-refractivity contribution in [3.05, 3.63) is 118 Å². The van der Waals surface area contributed by atoms with Crippen molar-refractivity contribution >= 4 is 16.8 Å². The number of nitrogens with zero attached hydrogens (tertiary/aromatic N) is 1. The van der Waals surface area contributed by atoms with Crippen molar-refractivity contribution < 1.29 is 23.7 Å². The summed E-state index contributed by atoms with van der Waals surface area (Å²) in [5, 5.41) is 12.0. The van der Waals surface area contributed by atoms with Gasteiger partial charge in [0.05, 0.1) is 40.1 Å². The topological polar surface area (TPSA) is 69.9 Å². The number of rotatable bonds is 6. The van der Waals surface area contributed by atoms with Crippen molar-refractivity contribution in [3.8, 4) is 45.9 Å². The SMILES string of the molecule is COc1ccc(C2(c3ccc(OC)cc3)C=Cc3c4c(c5cc(OC)c(OC)cc5c3O2)-c2ccc(C#N)cc2C42CCCCC2)cc1. The second-order valence-electron chi connectivity index (χ2n) is 12.9. The zero-order chi connectivity index (χ0) is 33.0. The minimum atomic E-state index is -0.945. The zero-order valence-corrected chi connectivity index (χ0v) is 27.7. The van der Waals surface area contributed by atoms with Gasteiger partial charge < -0.3 is 23.7 Å². The Morgan fingerprint density at radius 2 is 1.29 bits per heavy atom. The van der Waals surface area contributed by atoms with E-state index in [1.807, 2.05) is 30.3 Å². The van der Waals surface area contributed by atoms with Crippen molar-refractivity contribution in [1.82, 2.24) is 0 Å². The molecule has 6 nitrogen and oxygen atoms in total. The molecule has 5 aromatic carbocycles. The average molecular weight is 636 g/mol. The highest BCUT2D eigenvalue weighted by molar-refractivity contribution is 6.09. The minimum Gasteiger partial charge on any atom is -0.497 e. The highest BCUT2D eigenvalue weighted by atomic mass is 16.5. The summed E-state index contributed by atoms with van der Waals surface area (Å²) in [6.07, 6.45) is 9.96. The zero-order valence-electron chi connectivity index (χ0n) is 27.7. The van der Waals surface area contributed by atoms with Crippen molar-refractivity contribution in [3.63, 3.8) is 0 Å². The fourth-order valence-corrected chi connectivity index (χ4v) is 8.43. The van der Waals surface area contributed by atoms with Crippen molar-refractivity contribution in [2.75, 3.05) is 28.4 Å². The van der Waals surface area contributed by atoms with E-state index in [9.17, 15) is 5.26 Å². The third-order valence-electron chi connectivity index (χ3n) is 10.7. The largest absolute Gasteiger partial charge is 0.497 e. The van der Waals surface area contributed by atoms with Gasteiger partial charge in [-0.15, -0.1) is 0 Å². The van der Waals surface area contributed by atoms with E-state index in [0.29, 0.717) is 17.1 Å². The Labute approximate surface area is 281 Å². The molecule has 5 aromatic rings. The number of hydrogen-bond acceptors (Lipinski definition) is 6. The fourth-order valence-electron chi connectivity index (χ4n) is 8.43. The van der Waals surface area contributed by atoms with Crippen LogP contribution in [0, 0.1) is 11.3 Å². The van der Waals surface area contributed by atoms with Crippen LogP contribution in [0.4, 0.5) is 0 Å². The molecule has 0 saturated heterocycles. The normalized spacial score (nSPS) is 16.3. The first-order valence-corrected chi connectivity index (χ1v) is 16.5. The molecule has 1 saturated carbocycles. The molecule has 0 radical (unpaired) electrons. The molecule has 1 heterocycles. The Morgan fingerprint density at radius 3 is 1.85 bits per heavy atom. The molecule has 240 valence electrons. The van der Waals surface area contributed by atoms with E-state index in [1.165, 1.54) is 28.7 Å². The highest BCUT2D eigenvalue weighted by Crippen LogP contribution is 2.62. The van der Waals surface area contributed by atoms with Crippen LogP contribution in [0.2, 0.25) is 0 Å². The van der Waals surface area contributed by atoms with Gasteiger partial charge in [-0.1, -0.05) is 55.7 Å². The molecule has 6 heteroatoms. The number of methoxy groups -OCH3 is 4. The van der Waals surface area contributed by atoms with Gasteiger partial charge >= 0.3 is 0 Å². The molecular weight excluding hydrogens is 598 g/mol. The lowest BCUT2D eigenvalue weighted by atomic mass is 9.66. The van der Waals surface area contributed by atoms with Crippen LogP contribution in [-0.4, -0.2) is 28.4 Å². The van der Waals surface area contributed by atoms with Gasteiger partial charge in [0.1, 0.15) is 17.2 Å². The monoisotopic (exact) mass is 635 g/mol. The van der Waals surface area contributed by atoms with Gasteiger partial charge in [-0.2, -0.15) is 5.26 Å². The van der Waals surface area contributed by atoms with Crippen LogP contribution in [0.5, 0.6) is 28.7 Å². The van der Waals surface area contributed by atoms with Gasteiger partial charge in [-0.05, 0) is 95.1 Å². The van der Waals surface area contributed by atoms with E-state index in [2.05, 4.69) is 66.8 Å². The lowest BCUT2D eigenvalue weighted by Crippen LogP contribution is -2.35. The molecule has 2 aliphatic carbocycles. The van der Waals surface area contributed by atoms with Crippen LogP contribution in [0.3, 0.4) is 0 Å². The minimum absolute atomic E-state index is 0.227. The van der Waals surface area contributed by atoms with Gasteiger partial charge in [0.25, 0.3) is 0 Å². The third-order valence-corrected chi connectivity index (χ3v) is 10.7. The summed E-state index contributed by atoms with van der Waals surface area (Å²) >= 11 is 0. The van der Waals surface area contributed by atoms with E-state index < -0.39 is 5.60 Å². The van der Waals surface area contributed by atoms with Gasteiger partial charge in [-0.3, -0.25) is 0 Å². The highest BCUT2D eigenvalue weighted by Gasteiger charge is 2.49. The smallest absolute Gasteiger partial charge is 0.178 e. The van der Waals surface area contributed by atoms with Crippen molar-refractivity contribution in [2.45, 2.75) is 43.1 Å². The van der Waals surface area contributed by atoms with Crippen molar-refractivity contribution in [2.24, 2.45) is 0 Å². The summed E-state index contributed by atoms with van der Waals surface area (Å²) < 4.78 is 30.3. The Morgan fingerprint density at radius 1 is 0.688 bits per heavy atom. The second kappa shape index (κ2) is 11.4. The van der Waals surface area contributed by atoms with E-state index in [1.54, 1.807) is 28.4 Å². The summed E-state index contributed by atoms with van der Waals surface area (Å²) in [6.45, 7) is 0. The maximum Gasteiger partial charge on any atom is 0.178 e. The van der Waals surface area contributed by atoms with Crippen LogP contribution in [0.1, 0.15) is 65.5 Å². The quantitative estimate of drug-likeness (QED) is 0.185. The Bertz CT molecular complexity index is 2090. The summed E-state index contributed by atoms with van der Waals surface area (Å²) in [5.41, 5.74) is 7.45. The number of ether oxygens (including phenoxy) is 5. The van der Waals surface area contributed by atoms with E-state index >= 15 is 0 Å². The van der Waals surface area contributed by atoms with Gasteiger partial charge in [0.15, 0.2) is 17.1 Å². The first-order valence-electron chi connectivity index (χ1n) is 16.5. The van der Waals surface area contributed by atoms with Crippen LogP contribution in [0.15, 0.2) is 84.9 Å². The summed E-state index contributed by atoms with van der Waals surface area (Å²) in [4.78, 5) is 0. The maximum absolute atomic E-state index is 9.98. The molecule has 1 aliphatic heterocycles. The van der Waals surface area contributed by atoms with Crippen LogP contribution >= 0.6 is 0 Å². The molecule has 0 unspecified atom stereocenters. The molecule has 0 N–H and O–H groups in total. The second-order valence-corrected chi connectivity index (χ2v) is 12.9. The summed E-state index contributed by atoms with van der Waals surface area (Å²) in [6, 6.07) is 29.0. The van der Waals surface area contributed by atoms with E-state index in [-0.39, 0.29) is 5.41 Å². The summed E-state index contributed by atoms with van der Waals surface area (Å²) in [7, 11) is 6.69. The molecule has 0 aromatic heterocycles. The van der Waals surface area contributed by atoms with E-state index in [0.717, 1.165) is 70.4 Å². The molecule has 8 rings (SSSR count). The molecule has 0 bridgehead atoms. The number of benzene rings is 5. The Balaban J connectivity index is 1.47. The van der Waals surface area contributed by atoms with Gasteiger partial charge in [0.2, 0.25) is 0 Å². The lowest BCUT2D eigenvalue weighted by Gasteiger charge is -2.41. The van der Waals surface area contributed by atoms with Crippen LogP contribution in [-0.2, 0) is 11.0 Å². The number of nitriles is 1. The standard InChI is InChI=1S/C42H37NO5/c1-44-29-13-9-27(10-14-29)42(28-11-15-30(45-2)16-12-28)21-18-32-39-38(33-23-36(46-3)37(47-4)24-34(33)40(32)48-42)31-17-8-26(25-43)22-35(31)41(39)19-6-5-7-20-41/h8-18,21-24H,5-7,19-20H2,1-4H3. The Hall–Kier alpha value is -5.41. The van der Waals surface area contributed by atoms with E-state index in [4.69, 9.17) is 23.7 Å². The van der Waals surface area contributed by atoms with Crippen LogP contribution in [0.25, 0.3) is 28.0 Å². The Kier molecular flexibility index (Phi) is 7.10. The molecule has 0 atom stereocenters. The average Bonchev–Trinajstić information content (AvgIpc) is 3.42. The molecular formula is C42H37NO5. The lowest BCUT2D eigenvalue weighted by molar-refractivity contribution is 0.163. The molecule has 3 aliphatic rings. The summed E-state index contributed by atoms with van der Waals surface area (Å²) in [5.74, 6) is 3.65. The molecule has 48 heavy (non-hydrogen) atoms. The molecule has 0 amide bonds. The molecule has 1 fully saturated rings.